The molecule has 114 valence electrons. The van der Waals surface area contributed by atoms with Crippen molar-refractivity contribution in [3.8, 4) is 0 Å². The molecule has 0 unspecified atom stereocenters. The van der Waals surface area contributed by atoms with Crippen molar-refractivity contribution in [3.63, 3.8) is 0 Å². The van der Waals surface area contributed by atoms with Gasteiger partial charge >= 0.3 is 0 Å². The number of nitrogens with zero attached hydrogens (tertiary/aromatic N) is 2. The van der Waals surface area contributed by atoms with Gasteiger partial charge in [0.15, 0.2) is 0 Å². The van der Waals surface area contributed by atoms with Gasteiger partial charge < -0.3 is 10.0 Å². The van der Waals surface area contributed by atoms with E-state index in [-0.39, 0.29) is 12.2 Å². The molecule has 21 heavy (non-hydrogen) atoms. The van der Waals surface area contributed by atoms with E-state index in [1.54, 1.807) is 0 Å². The van der Waals surface area contributed by atoms with E-state index in [1.807, 2.05) is 0 Å². The van der Waals surface area contributed by atoms with Gasteiger partial charge in [-0.05, 0) is 23.8 Å². The van der Waals surface area contributed by atoms with Gasteiger partial charge in [-0.3, -0.25) is 14.9 Å². The molecule has 8 heteroatoms. The highest BCUT2D eigenvalue weighted by Crippen LogP contribution is 2.13. The molecule has 0 saturated carbocycles. The summed E-state index contributed by atoms with van der Waals surface area (Å²) in [5.74, 6) is -0.664. The number of aliphatic hydroxyl groups excluding tert-OH is 1. The summed E-state index contributed by atoms with van der Waals surface area (Å²) < 4.78 is 24.6. The van der Waals surface area contributed by atoms with Gasteiger partial charge in [0.1, 0.15) is 0 Å². The van der Waals surface area contributed by atoms with E-state index in [1.165, 1.54) is 30.3 Å². The Kier molecular flexibility index (Phi) is 6.41. The third-order valence-electron chi connectivity index (χ3n) is 2.56. The Bertz CT molecular complexity index is 517. The molecule has 1 amide bonds. The maximum absolute atomic E-state index is 12.3. The zero-order valence-electron chi connectivity index (χ0n) is 11.0. The van der Waals surface area contributed by atoms with Gasteiger partial charge in [0.05, 0.1) is 18.1 Å². The summed E-state index contributed by atoms with van der Waals surface area (Å²) >= 11 is 0. The number of carbonyl (C=O) groups is 1. The molecule has 0 radical (unpaired) electrons. The standard InChI is InChI=1S/C13H14F2N2O4/c14-12(15)9-16(7-8-18)13(19)6-3-10-1-4-11(5-2-10)17(20)21/h1-6,12,18H,7-9H2/b6-3+. The van der Waals surface area contributed by atoms with Crippen molar-refractivity contribution in [1.82, 2.24) is 4.90 Å². The molecule has 0 aliphatic heterocycles. The van der Waals surface area contributed by atoms with Crippen molar-refractivity contribution < 1.29 is 23.6 Å². The summed E-state index contributed by atoms with van der Waals surface area (Å²) in [5.41, 5.74) is 0.438. The van der Waals surface area contributed by atoms with Crippen LogP contribution in [0.5, 0.6) is 0 Å². The van der Waals surface area contributed by atoms with Crippen LogP contribution in [0.4, 0.5) is 14.5 Å². The molecule has 1 aromatic rings. The Morgan fingerprint density at radius 3 is 2.48 bits per heavy atom. The second-order valence-corrected chi connectivity index (χ2v) is 4.08. The number of rotatable bonds is 7. The van der Waals surface area contributed by atoms with Crippen molar-refractivity contribution in [2.24, 2.45) is 0 Å². The third-order valence-corrected chi connectivity index (χ3v) is 2.56. The molecular formula is C13H14F2N2O4. The summed E-state index contributed by atoms with van der Waals surface area (Å²) in [6.45, 7) is -1.36. The molecule has 0 aliphatic rings. The van der Waals surface area contributed by atoms with E-state index in [0.29, 0.717) is 5.56 Å². The lowest BCUT2D eigenvalue weighted by Gasteiger charge is -2.19. The van der Waals surface area contributed by atoms with E-state index in [0.717, 1.165) is 11.0 Å². The van der Waals surface area contributed by atoms with Crippen LogP contribution in [0, 0.1) is 10.1 Å². The number of carbonyl (C=O) groups excluding carboxylic acids is 1. The Labute approximate surface area is 119 Å². The fraction of sp³-hybridized carbons (Fsp3) is 0.308. The van der Waals surface area contributed by atoms with Crippen LogP contribution in [0.1, 0.15) is 5.56 Å². The molecule has 0 saturated heterocycles. The van der Waals surface area contributed by atoms with E-state index in [9.17, 15) is 23.7 Å². The quantitative estimate of drug-likeness (QED) is 0.472. The molecule has 1 aromatic carbocycles. The number of amides is 1. The van der Waals surface area contributed by atoms with Gasteiger partial charge in [-0.25, -0.2) is 8.78 Å². The first kappa shape index (κ1) is 16.7. The Morgan fingerprint density at radius 1 is 1.38 bits per heavy atom. The van der Waals surface area contributed by atoms with Crippen molar-refractivity contribution in [3.05, 3.63) is 46.0 Å². The number of hydrogen-bond donors (Lipinski definition) is 1. The minimum atomic E-state index is -2.69. The molecule has 6 nitrogen and oxygen atoms in total. The fourth-order valence-electron chi connectivity index (χ4n) is 1.56. The summed E-state index contributed by atoms with van der Waals surface area (Å²) in [5, 5.41) is 19.2. The predicted octanol–water partition coefficient (Wildman–Crippen LogP) is 1.69. The second kappa shape index (κ2) is 8.05. The number of nitro benzene ring substituents is 1. The monoisotopic (exact) mass is 300 g/mol. The molecule has 0 bridgehead atoms. The maximum Gasteiger partial charge on any atom is 0.269 e. The lowest BCUT2D eigenvalue weighted by molar-refractivity contribution is -0.384. The third kappa shape index (κ3) is 5.65. The highest BCUT2D eigenvalue weighted by Gasteiger charge is 2.15. The SMILES string of the molecule is O=C(/C=C/c1ccc([N+](=O)[O-])cc1)N(CCO)CC(F)F. The van der Waals surface area contributed by atoms with Crippen molar-refractivity contribution in [2.75, 3.05) is 19.7 Å². The molecule has 0 aliphatic carbocycles. The Hall–Kier alpha value is -2.35. The molecule has 0 spiro atoms. The van der Waals surface area contributed by atoms with Crippen LogP contribution in [0.3, 0.4) is 0 Å². The topological polar surface area (TPSA) is 83.7 Å². The van der Waals surface area contributed by atoms with Gasteiger partial charge in [0.25, 0.3) is 12.1 Å². The number of non-ortho nitro benzene ring substituents is 1. The van der Waals surface area contributed by atoms with Gasteiger partial charge in [0, 0.05) is 24.8 Å². The van der Waals surface area contributed by atoms with Crippen LogP contribution in [0.15, 0.2) is 30.3 Å². The Morgan fingerprint density at radius 2 is 2.00 bits per heavy atom. The van der Waals surface area contributed by atoms with Gasteiger partial charge in [-0.1, -0.05) is 0 Å². The minimum Gasteiger partial charge on any atom is -0.395 e. The first-order valence-corrected chi connectivity index (χ1v) is 6.04. The first-order valence-electron chi connectivity index (χ1n) is 6.04. The molecule has 0 heterocycles. The number of aliphatic hydroxyl groups is 1. The molecule has 0 aromatic heterocycles. The van der Waals surface area contributed by atoms with E-state index >= 15 is 0 Å². The normalized spacial score (nSPS) is 11.0. The molecule has 1 N–H and O–H groups in total. The summed E-state index contributed by atoms with van der Waals surface area (Å²) in [7, 11) is 0. The van der Waals surface area contributed by atoms with E-state index < -0.39 is 30.4 Å². The number of hydrogen-bond acceptors (Lipinski definition) is 4. The molecule has 1 rings (SSSR count). The minimum absolute atomic E-state index is 0.0851. The fourth-order valence-corrected chi connectivity index (χ4v) is 1.56. The number of halogens is 2. The zero-order valence-corrected chi connectivity index (χ0v) is 11.0. The van der Waals surface area contributed by atoms with Crippen molar-refractivity contribution >= 4 is 17.7 Å². The van der Waals surface area contributed by atoms with Crippen LogP contribution >= 0.6 is 0 Å². The van der Waals surface area contributed by atoms with Gasteiger partial charge in [0.2, 0.25) is 5.91 Å². The van der Waals surface area contributed by atoms with Crippen molar-refractivity contribution in [2.45, 2.75) is 6.43 Å². The lowest BCUT2D eigenvalue weighted by Crippen LogP contribution is -2.36. The lowest BCUT2D eigenvalue weighted by atomic mass is 10.2. The average Bonchev–Trinajstić information content (AvgIpc) is 2.44. The van der Waals surface area contributed by atoms with Crippen LogP contribution in [-0.2, 0) is 4.79 Å². The van der Waals surface area contributed by atoms with Crippen LogP contribution < -0.4 is 0 Å². The first-order chi connectivity index (χ1) is 9.93. The van der Waals surface area contributed by atoms with Crippen LogP contribution in [0.2, 0.25) is 0 Å². The summed E-state index contributed by atoms with van der Waals surface area (Å²) in [4.78, 5) is 22.5. The summed E-state index contributed by atoms with van der Waals surface area (Å²) in [6.07, 6.45) is -0.241. The largest absolute Gasteiger partial charge is 0.395 e. The highest BCUT2D eigenvalue weighted by atomic mass is 19.3. The smallest absolute Gasteiger partial charge is 0.269 e. The van der Waals surface area contributed by atoms with E-state index in [4.69, 9.17) is 5.11 Å². The molecular weight excluding hydrogens is 286 g/mol. The predicted molar refractivity (Wildman–Crippen MR) is 71.8 cm³/mol. The zero-order chi connectivity index (χ0) is 15.8. The second-order valence-electron chi connectivity index (χ2n) is 4.08. The Balaban J connectivity index is 2.72. The summed E-state index contributed by atoms with van der Waals surface area (Å²) in [6, 6.07) is 5.42. The number of alkyl halides is 2. The van der Waals surface area contributed by atoms with Gasteiger partial charge in [-0.2, -0.15) is 0 Å². The number of benzene rings is 1. The van der Waals surface area contributed by atoms with E-state index in [2.05, 4.69) is 0 Å². The maximum atomic E-state index is 12.3. The molecule has 0 atom stereocenters. The molecule has 0 fully saturated rings. The van der Waals surface area contributed by atoms with Crippen molar-refractivity contribution in [1.29, 1.82) is 0 Å². The van der Waals surface area contributed by atoms with Crippen LogP contribution in [0.25, 0.3) is 6.08 Å². The highest BCUT2D eigenvalue weighted by molar-refractivity contribution is 5.91. The van der Waals surface area contributed by atoms with Gasteiger partial charge in [-0.15, -0.1) is 0 Å². The van der Waals surface area contributed by atoms with Crippen LogP contribution in [-0.4, -0.2) is 47.0 Å². The number of nitro groups is 1. The average molecular weight is 300 g/mol.